The van der Waals surface area contributed by atoms with Crippen molar-refractivity contribution in [3.63, 3.8) is 0 Å². The molecule has 0 saturated heterocycles. The Balaban J connectivity index is 2.86. The molecule has 1 aromatic rings. The standard InChI is InChI=1S/C10H13.3ClH.Zr/c1-10(2,3)9-7-5-4-6-8-9;;;;/h4-8H,1H2,2-3H3;3*1H;/q;;;;+3/p-3. The zero-order chi connectivity index (χ0) is 10.8. The van der Waals surface area contributed by atoms with Gasteiger partial charge in [-0.25, -0.2) is 0 Å². The molecule has 0 aliphatic rings. The Bertz CT molecular complexity index is 290. The molecule has 0 N–H and O–H groups in total. The van der Waals surface area contributed by atoms with Gasteiger partial charge in [0.05, 0.1) is 0 Å². The summed E-state index contributed by atoms with van der Waals surface area (Å²) in [5.41, 5.74) is 1.21. The van der Waals surface area contributed by atoms with Crippen LogP contribution in [0.2, 0.25) is 4.13 Å². The van der Waals surface area contributed by atoms with Gasteiger partial charge in [-0.05, 0) is 0 Å². The van der Waals surface area contributed by atoms with Crippen LogP contribution in [0.3, 0.4) is 0 Å². The molecule has 78 valence electrons. The molecule has 0 atom stereocenters. The Morgan fingerprint density at radius 3 is 2.00 bits per heavy atom. The average Bonchev–Trinajstić information content (AvgIpc) is 2.01. The molecule has 4 heteroatoms. The van der Waals surface area contributed by atoms with Crippen molar-refractivity contribution in [1.82, 2.24) is 0 Å². The third kappa shape index (κ3) is 4.23. The zero-order valence-corrected chi connectivity index (χ0v) is 13.0. The van der Waals surface area contributed by atoms with Crippen LogP contribution in [-0.4, -0.2) is 0 Å². The van der Waals surface area contributed by atoms with Gasteiger partial charge in [0.15, 0.2) is 0 Å². The molecule has 0 aromatic heterocycles. The van der Waals surface area contributed by atoms with E-state index in [1.54, 1.807) is 0 Å². The van der Waals surface area contributed by atoms with Gasteiger partial charge < -0.3 is 0 Å². The molecule has 0 spiro atoms. The van der Waals surface area contributed by atoms with Crippen LogP contribution in [0.5, 0.6) is 0 Å². The van der Waals surface area contributed by atoms with Crippen molar-refractivity contribution in [2.75, 3.05) is 0 Å². The summed E-state index contributed by atoms with van der Waals surface area (Å²) in [6, 6.07) is 10.2. The monoisotopic (exact) mass is 328 g/mol. The van der Waals surface area contributed by atoms with E-state index in [4.69, 9.17) is 25.5 Å². The SMILES string of the molecule is CC(C)([CH2][Zr]([Cl])([Cl])[Cl])c1ccccc1. The average molecular weight is 331 g/mol. The number of hydrogen-bond acceptors (Lipinski definition) is 0. The Morgan fingerprint density at radius 2 is 1.57 bits per heavy atom. The summed E-state index contributed by atoms with van der Waals surface area (Å²) in [7, 11) is 18.0. The van der Waals surface area contributed by atoms with Crippen LogP contribution >= 0.6 is 25.5 Å². The van der Waals surface area contributed by atoms with E-state index in [1.165, 1.54) is 5.56 Å². The van der Waals surface area contributed by atoms with Crippen molar-refractivity contribution in [2.45, 2.75) is 23.4 Å². The maximum atomic E-state index is 6.01. The van der Waals surface area contributed by atoms with Crippen molar-refractivity contribution in [1.29, 1.82) is 0 Å². The van der Waals surface area contributed by atoms with Gasteiger partial charge in [0.2, 0.25) is 0 Å². The Kier molecular flexibility index (Phi) is 4.54. The molecule has 0 aliphatic heterocycles. The predicted molar refractivity (Wildman–Crippen MR) is 61.8 cm³/mol. The summed E-state index contributed by atoms with van der Waals surface area (Å²) in [6.45, 7) is 4.25. The third-order valence-electron chi connectivity index (χ3n) is 2.20. The van der Waals surface area contributed by atoms with Gasteiger partial charge in [-0.3, -0.25) is 0 Å². The third-order valence-corrected chi connectivity index (χ3v) is 7.73. The molecule has 0 unspecified atom stereocenters. The molecule has 0 nitrogen and oxygen atoms in total. The number of rotatable bonds is 3. The molecule has 14 heavy (non-hydrogen) atoms. The Labute approximate surface area is 101 Å². The number of hydrogen-bond donors (Lipinski definition) is 0. The van der Waals surface area contributed by atoms with E-state index in [1.807, 2.05) is 18.2 Å². The van der Waals surface area contributed by atoms with Crippen molar-refractivity contribution in [2.24, 2.45) is 0 Å². The quantitative estimate of drug-likeness (QED) is 0.731. The summed E-state index contributed by atoms with van der Waals surface area (Å²) in [4.78, 5) is 0. The summed E-state index contributed by atoms with van der Waals surface area (Å²) < 4.78 is 0.719. The number of benzene rings is 1. The van der Waals surface area contributed by atoms with Crippen LogP contribution in [0.15, 0.2) is 30.3 Å². The number of halogens is 3. The first-order valence-corrected chi connectivity index (χ1v) is 15.7. The van der Waals surface area contributed by atoms with Crippen molar-refractivity contribution < 1.29 is 16.7 Å². The molecule has 0 saturated carbocycles. The Morgan fingerprint density at radius 1 is 1.07 bits per heavy atom. The summed E-state index contributed by atoms with van der Waals surface area (Å²) in [5, 5.41) is 0. The van der Waals surface area contributed by atoms with Crippen LogP contribution in [0.4, 0.5) is 0 Å². The van der Waals surface area contributed by atoms with E-state index in [9.17, 15) is 0 Å². The second kappa shape index (κ2) is 4.87. The van der Waals surface area contributed by atoms with E-state index in [2.05, 4.69) is 26.0 Å². The van der Waals surface area contributed by atoms with Gasteiger partial charge in [-0.2, -0.15) is 0 Å². The van der Waals surface area contributed by atoms with E-state index >= 15 is 0 Å². The zero-order valence-electron chi connectivity index (χ0n) is 8.23. The molecule has 0 heterocycles. The minimum atomic E-state index is -3.26. The fourth-order valence-corrected chi connectivity index (χ4v) is 10.4. The first-order valence-electron chi connectivity index (χ1n) is 4.43. The molecular weight excluding hydrogens is 318 g/mol. The predicted octanol–water partition coefficient (Wildman–Crippen LogP) is 5.00. The van der Waals surface area contributed by atoms with Crippen LogP contribution in [-0.2, 0) is 22.1 Å². The summed E-state index contributed by atoms with van der Waals surface area (Å²) in [6.07, 6.45) is 0. The van der Waals surface area contributed by atoms with Gasteiger partial charge in [0.1, 0.15) is 0 Å². The molecule has 0 aliphatic carbocycles. The van der Waals surface area contributed by atoms with Gasteiger partial charge in [-0.1, -0.05) is 0 Å². The molecule has 1 aromatic carbocycles. The topological polar surface area (TPSA) is 0 Å². The first-order chi connectivity index (χ1) is 6.31. The fourth-order valence-electron chi connectivity index (χ4n) is 1.49. The van der Waals surface area contributed by atoms with Crippen molar-refractivity contribution in [3.05, 3.63) is 35.9 Å². The second-order valence-electron chi connectivity index (χ2n) is 4.04. The maximum absolute atomic E-state index is 6.01. The fraction of sp³-hybridized carbons (Fsp3) is 0.400. The van der Waals surface area contributed by atoms with Crippen molar-refractivity contribution >= 4 is 25.5 Å². The second-order valence-corrected chi connectivity index (χ2v) is 22.8. The van der Waals surface area contributed by atoms with Gasteiger partial charge in [0.25, 0.3) is 0 Å². The van der Waals surface area contributed by atoms with Crippen LogP contribution < -0.4 is 0 Å². The summed E-state index contributed by atoms with van der Waals surface area (Å²) in [5.74, 6) is 0. The molecule has 0 radical (unpaired) electrons. The van der Waals surface area contributed by atoms with E-state index in [0.29, 0.717) is 0 Å². The van der Waals surface area contributed by atoms with Gasteiger partial charge >= 0.3 is 102 Å². The van der Waals surface area contributed by atoms with Gasteiger partial charge in [0, 0.05) is 0 Å². The molecule has 0 fully saturated rings. The van der Waals surface area contributed by atoms with E-state index in [-0.39, 0.29) is 5.41 Å². The van der Waals surface area contributed by atoms with Crippen LogP contribution in [0.1, 0.15) is 19.4 Å². The first kappa shape index (κ1) is 13.0. The van der Waals surface area contributed by atoms with E-state index < -0.39 is 16.7 Å². The Hall–Kier alpha value is 0.973. The molecule has 1 rings (SSSR count). The summed E-state index contributed by atoms with van der Waals surface area (Å²) >= 11 is -3.26. The van der Waals surface area contributed by atoms with Crippen molar-refractivity contribution in [3.8, 4) is 0 Å². The van der Waals surface area contributed by atoms with Crippen LogP contribution in [0.25, 0.3) is 0 Å². The van der Waals surface area contributed by atoms with E-state index in [0.717, 1.165) is 4.13 Å². The van der Waals surface area contributed by atoms with Crippen LogP contribution in [0, 0.1) is 0 Å². The van der Waals surface area contributed by atoms with Gasteiger partial charge in [-0.15, -0.1) is 0 Å². The minimum absolute atomic E-state index is 0.0252. The molecule has 0 amide bonds. The molecular formula is C10H13Cl3Zr. The normalized spacial score (nSPS) is 12.9. The molecule has 0 bridgehead atoms.